The Labute approximate surface area is 97.6 Å². The molecule has 0 fully saturated rings. The smallest absolute Gasteiger partial charge is 0.166 e. The number of nitrogens with one attached hydrogen (secondary N) is 2. The van der Waals surface area contributed by atoms with E-state index in [1.165, 1.54) is 16.0 Å². The maximum absolute atomic E-state index is 5.43. The van der Waals surface area contributed by atoms with Crippen molar-refractivity contribution < 1.29 is 0 Å². The molecule has 0 unspecified atom stereocenters. The molecule has 0 radical (unpaired) electrons. The Hall–Kier alpha value is -1.46. The Bertz CT molecular complexity index is 547. The fraction of sp³-hybridized carbons (Fsp3) is 0.182. The minimum atomic E-state index is 0.745. The number of aromatic amines is 1. The van der Waals surface area contributed by atoms with Gasteiger partial charge in [0, 0.05) is 21.8 Å². The number of H-pyrrole nitrogens is 1. The zero-order chi connectivity index (χ0) is 11.1. The Kier molecular flexibility index (Phi) is 2.15. The fourth-order valence-electron chi connectivity index (χ4n) is 1.96. The average Bonchev–Trinajstić information content (AvgIpc) is 2.72. The zero-order valence-corrected chi connectivity index (χ0v) is 9.69. The van der Waals surface area contributed by atoms with Crippen LogP contribution >= 0.6 is 11.8 Å². The predicted molar refractivity (Wildman–Crippen MR) is 66.1 cm³/mol. The first-order valence-electron chi connectivity index (χ1n) is 5.07. The molecule has 1 aliphatic heterocycles. The second kappa shape index (κ2) is 3.54. The number of fused-ring (bicyclic) bond motifs is 3. The van der Waals surface area contributed by atoms with Crippen molar-refractivity contribution in [3.8, 4) is 11.3 Å². The van der Waals surface area contributed by atoms with E-state index < -0.39 is 0 Å². The minimum Gasteiger partial charge on any atom is -0.307 e. The molecule has 0 amide bonds. The van der Waals surface area contributed by atoms with Crippen molar-refractivity contribution in [3.63, 3.8) is 0 Å². The van der Waals surface area contributed by atoms with Gasteiger partial charge in [0.05, 0.1) is 5.69 Å². The second-order valence-electron chi connectivity index (χ2n) is 3.86. The molecular formula is C11H12N4S. The molecule has 3 rings (SSSR count). The number of aryl methyl sites for hydroxylation is 1. The normalized spacial score (nSPS) is 13.1. The third kappa shape index (κ3) is 1.32. The van der Waals surface area contributed by atoms with E-state index in [0.717, 1.165) is 22.8 Å². The minimum absolute atomic E-state index is 0.745. The van der Waals surface area contributed by atoms with Gasteiger partial charge < -0.3 is 5.43 Å². The number of hydrogen-bond acceptors (Lipinski definition) is 4. The van der Waals surface area contributed by atoms with E-state index in [9.17, 15) is 0 Å². The molecule has 2 aromatic rings. The van der Waals surface area contributed by atoms with Gasteiger partial charge in [0.15, 0.2) is 5.82 Å². The number of hydrazine groups is 1. The van der Waals surface area contributed by atoms with E-state index in [1.807, 2.05) is 11.8 Å². The first kappa shape index (κ1) is 9.74. The van der Waals surface area contributed by atoms with Crippen LogP contribution in [0.15, 0.2) is 23.1 Å². The molecule has 0 bridgehead atoms. The highest BCUT2D eigenvalue weighted by atomic mass is 32.2. The first-order chi connectivity index (χ1) is 7.79. The first-order valence-corrected chi connectivity index (χ1v) is 6.06. The van der Waals surface area contributed by atoms with E-state index in [2.05, 4.69) is 40.7 Å². The summed E-state index contributed by atoms with van der Waals surface area (Å²) in [4.78, 5) is 1.30. The van der Waals surface area contributed by atoms with Crippen LogP contribution in [0.25, 0.3) is 11.3 Å². The Morgan fingerprint density at radius 1 is 1.50 bits per heavy atom. The predicted octanol–water partition coefficient (Wildman–Crippen LogP) is 2.28. The van der Waals surface area contributed by atoms with E-state index >= 15 is 0 Å². The van der Waals surface area contributed by atoms with Gasteiger partial charge in [-0.25, -0.2) is 5.84 Å². The lowest BCUT2D eigenvalue weighted by molar-refractivity contribution is 1.08. The van der Waals surface area contributed by atoms with E-state index in [-0.39, 0.29) is 0 Å². The Balaban J connectivity index is 2.22. The van der Waals surface area contributed by atoms with Crippen molar-refractivity contribution in [1.82, 2.24) is 10.2 Å². The van der Waals surface area contributed by atoms with Crippen molar-refractivity contribution in [2.45, 2.75) is 17.6 Å². The van der Waals surface area contributed by atoms with Crippen LogP contribution in [0.2, 0.25) is 0 Å². The van der Waals surface area contributed by atoms with Crippen molar-refractivity contribution in [2.75, 3.05) is 5.43 Å². The number of hydrogen-bond donors (Lipinski definition) is 3. The molecule has 2 heterocycles. The lowest BCUT2D eigenvalue weighted by Crippen LogP contribution is -2.09. The van der Waals surface area contributed by atoms with Gasteiger partial charge in [0.25, 0.3) is 0 Å². The molecule has 5 heteroatoms. The summed E-state index contributed by atoms with van der Waals surface area (Å²) < 4.78 is 0. The Morgan fingerprint density at radius 3 is 3.19 bits per heavy atom. The lowest BCUT2D eigenvalue weighted by Gasteiger charge is -2.16. The van der Waals surface area contributed by atoms with Crippen molar-refractivity contribution in [1.29, 1.82) is 0 Å². The van der Waals surface area contributed by atoms with Crippen LogP contribution in [0, 0.1) is 6.92 Å². The molecule has 0 aliphatic carbocycles. The molecule has 82 valence electrons. The van der Waals surface area contributed by atoms with Gasteiger partial charge in [-0.05, 0) is 19.1 Å². The monoisotopic (exact) mass is 232 g/mol. The molecule has 0 saturated carbocycles. The number of thioether (sulfide) groups is 1. The van der Waals surface area contributed by atoms with Crippen LogP contribution in [0.1, 0.15) is 11.1 Å². The lowest BCUT2D eigenvalue weighted by atomic mass is 10.1. The van der Waals surface area contributed by atoms with Gasteiger partial charge in [-0.3, -0.25) is 5.10 Å². The maximum atomic E-state index is 5.43. The third-order valence-corrected chi connectivity index (χ3v) is 3.88. The number of aromatic nitrogens is 2. The quantitative estimate of drug-likeness (QED) is 0.521. The van der Waals surface area contributed by atoms with Crippen molar-refractivity contribution >= 4 is 17.6 Å². The summed E-state index contributed by atoms with van der Waals surface area (Å²) in [5.74, 6) is 7.08. The summed E-state index contributed by atoms with van der Waals surface area (Å²) in [7, 11) is 0. The van der Waals surface area contributed by atoms with Crippen LogP contribution < -0.4 is 11.3 Å². The van der Waals surface area contributed by atoms with Gasteiger partial charge in [-0.1, -0.05) is 11.6 Å². The number of anilines is 1. The highest BCUT2D eigenvalue weighted by Gasteiger charge is 2.21. The second-order valence-corrected chi connectivity index (χ2v) is 4.88. The van der Waals surface area contributed by atoms with Crippen LogP contribution in [-0.4, -0.2) is 10.2 Å². The molecule has 0 atom stereocenters. The third-order valence-electron chi connectivity index (χ3n) is 2.78. The fourth-order valence-corrected chi connectivity index (χ4v) is 3.02. The summed E-state index contributed by atoms with van der Waals surface area (Å²) in [5, 5.41) is 7.23. The highest BCUT2D eigenvalue weighted by Crippen LogP contribution is 2.42. The standard InChI is InChI=1S/C11H12N4S/c1-6-2-3-9-7(4-6)10-8(5-16-9)11(13-12)15-14-10/h2-4H,5,12H2,1H3,(H2,13,14,15). The molecule has 16 heavy (non-hydrogen) atoms. The number of nitrogens with two attached hydrogens (primary N) is 1. The Morgan fingerprint density at radius 2 is 2.38 bits per heavy atom. The summed E-state index contributed by atoms with van der Waals surface area (Å²) in [6.07, 6.45) is 0. The van der Waals surface area contributed by atoms with Crippen LogP contribution in [-0.2, 0) is 5.75 Å². The highest BCUT2D eigenvalue weighted by molar-refractivity contribution is 7.98. The summed E-state index contributed by atoms with van der Waals surface area (Å²) in [6.45, 7) is 2.09. The van der Waals surface area contributed by atoms with Gasteiger partial charge in [-0.15, -0.1) is 11.8 Å². The topological polar surface area (TPSA) is 66.7 Å². The average molecular weight is 232 g/mol. The van der Waals surface area contributed by atoms with E-state index in [4.69, 9.17) is 5.84 Å². The molecule has 0 saturated heterocycles. The van der Waals surface area contributed by atoms with Gasteiger partial charge in [0.1, 0.15) is 0 Å². The largest absolute Gasteiger partial charge is 0.307 e. The summed E-state index contributed by atoms with van der Waals surface area (Å²) >= 11 is 1.82. The van der Waals surface area contributed by atoms with Gasteiger partial charge in [0.2, 0.25) is 0 Å². The number of benzene rings is 1. The van der Waals surface area contributed by atoms with Crippen molar-refractivity contribution in [3.05, 3.63) is 29.3 Å². The van der Waals surface area contributed by atoms with Crippen LogP contribution in [0.4, 0.5) is 5.82 Å². The molecule has 0 spiro atoms. The van der Waals surface area contributed by atoms with Crippen LogP contribution in [0.3, 0.4) is 0 Å². The number of nitrogen functional groups attached to an aromatic ring is 1. The molecule has 1 aromatic carbocycles. The van der Waals surface area contributed by atoms with Gasteiger partial charge in [-0.2, -0.15) is 5.10 Å². The van der Waals surface area contributed by atoms with Crippen molar-refractivity contribution in [2.24, 2.45) is 5.84 Å². The number of rotatable bonds is 1. The molecule has 4 N–H and O–H groups in total. The van der Waals surface area contributed by atoms with E-state index in [0.29, 0.717) is 0 Å². The van der Waals surface area contributed by atoms with Gasteiger partial charge >= 0.3 is 0 Å². The van der Waals surface area contributed by atoms with E-state index in [1.54, 1.807) is 0 Å². The molecule has 1 aliphatic rings. The molecule has 1 aromatic heterocycles. The number of nitrogens with zero attached hydrogens (tertiary/aromatic N) is 1. The molecule has 4 nitrogen and oxygen atoms in total. The summed E-state index contributed by atoms with van der Waals surface area (Å²) in [5.41, 5.74) is 7.35. The summed E-state index contributed by atoms with van der Waals surface area (Å²) in [6, 6.07) is 6.47. The molecular weight excluding hydrogens is 220 g/mol. The maximum Gasteiger partial charge on any atom is 0.166 e. The SMILES string of the molecule is Cc1ccc2c(c1)-c1[nH]nc(NN)c1CS2. The zero-order valence-electron chi connectivity index (χ0n) is 8.87. The van der Waals surface area contributed by atoms with Crippen LogP contribution in [0.5, 0.6) is 0 Å².